The molecule has 3 aromatic carbocycles. The summed E-state index contributed by atoms with van der Waals surface area (Å²) in [5, 5.41) is 19.1. The highest BCUT2D eigenvalue weighted by Crippen LogP contribution is 2.37. The van der Waals surface area contributed by atoms with E-state index in [0.717, 1.165) is 11.6 Å². The highest BCUT2D eigenvalue weighted by molar-refractivity contribution is 5.90. The molecule has 0 aromatic heterocycles. The van der Waals surface area contributed by atoms with Crippen molar-refractivity contribution in [1.82, 2.24) is 0 Å². The predicted molar refractivity (Wildman–Crippen MR) is 91.2 cm³/mol. The first-order valence-corrected chi connectivity index (χ1v) is 7.57. The van der Waals surface area contributed by atoms with Gasteiger partial charge in [-0.05, 0) is 35.9 Å². The Morgan fingerprint density at radius 2 is 1.68 bits per heavy atom. The molecule has 0 aliphatic heterocycles. The van der Waals surface area contributed by atoms with Crippen LogP contribution in [0, 0.1) is 5.82 Å². The summed E-state index contributed by atoms with van der Waals surface area (Å²) in [6.07, 6.45) is 0. The van der Waals surface area contributed by atoms with Crippen LogP contribution in [0.15, 0.2) is 66.7 Å². The number of hydrogen-bond acceptors (Lipinski definition) is 3. The van der Waals surface area contributed by atoms with Crippen molar-refractivity contribution >= 4 is 5.97 Å². The molecule has 0 radical (unpaired) electrons. The quantitative estimate of drug-likeness (QED) is 0.720. The molecule has 0 saturated carbocycles. The lowest BCUT2D eigenvalue weighted by atomic mass is 10.0. The maximum absolute atomic E-state index is 13.6. The summed E-state index contributed by atoms with van der Waals surface area (Å²) in [7, 11) is 0. The van der Waals surface area contributed by atoms with E-state index in [1.165, 1.54) is 30.3 Å². The fourth-order valence-corrected chi connectivity index (χ4v) is 2.47. The van der Waals surface area contributed by atoms with E-state index >= 15 is 0 Å². The van der Waals surface area contributed by atoms with E-state index in [1.807, 2.05) is 30.3 Å². The number of carboxylic acids is 1. The second-order valence-electron chi connectivity index (χ2n) is 5.45. The van der Waals surface area contributed by atoms with Crippen molar-refractivity contribution < 1.29 is 24.1 Å². The van der Waals surface area contributed by atoms with Crippen LogP contribution in [0.25, 0.3) is 11.1 Å². The molecule has 0 unspecified atom stereocenters. The molecule has 0 aliphatic rings. The van der Waals surface area contributed by atoms with E-state index in [9.17, 15) is 14.3 Å². The van der Waals surface area contributed by atoms with Crippen molar-refractivity contribution in [3.8, 4) is 22.6 Å². The number of halogens is 1. The molecule has 0 saturated heterocycles. The first-order chi connectivity index (χ1) is 12.0. The normalized spacial score (nSPS) is 10.4. The Balaban J connectivity index is 1.95. The average molecular weight is 338 g/mol. The largest absolute Gasteiger partial charge is 0.507 e. The number of aromatic hydroxyl groups is 1. The Morgan fingerprint density at radius 1 is 0.960 bits per heavy atom. The fraction of sp³-hybridized carbons (Fsp3) is 0.0500. The van der Waals surface area contributed by atoms with Crippen LogP contribution >= 0.6 is 0 Å². The van der Waals surface area contributed by atoms with Gasteiger partial charge in [0.2, 0.25) is 0 Å². The summed E-state index contributed by atoms with van der Waals surface area (Å²) in [5.74, 6) is -1.55. The van der Waals surface area contributed by atoms with Gasteiger partial charge in [0.05, 0.1) is 5.56 Å². The summed E-state index contributed by atoms with van der Waals surface area (Å²) < 4.78 is 19.4. The maximum Gasteiger partial charge on any atom is 0.335 e. The van der Waals surface area contributed by atoms with Gasteiger partial charge in [0.15, 0.2) is 0 Å². The number of carboxylic acid groups (broad SMARTS) is 1. The molecule has 0 heterocycles. The minimum absolute atomic E-state index is 0.0323. The Kier molecular flexibility index (Phi) is 4.66. The van der Waals surface area contributed by atoms with Crippen LogP contribution in [0.3, 0.4) is 0 Å². The zero-order valence-electron chi connectivity index (χ0n) is 13.1. The number of phenolic OH excluding ortho intramolecular Hbond substituents is 1. The molecule has 126 valence electrons. The molecule has 3 aromatic rings. The van der Waals surface area contributed by atoms with Crippen molar-refractivity contribution in [1.29, 1.82) is 0 Å². The van der Waals surface area contributed by atoms with Gasteiger partial charge in [0.1, 0.15) is 23.9 Å². The summed E-state index contributed by atoms with van der Waals surface area (Å²) in [6.45, 7) is 0.241. The third kappa shape index (κ3) is 3.77. The average Bonchev–Trinajstić information content (AvgIpc) is 2.61. The summed E-state index contributed by atoms with van der Waals surface area (Å²) in [6, 6.07) is 17.4. The second kappa shape index (κ2) is 7.05. The van der Waals surface area contributed by atoms with Gasteiger partial charge in [0.25, 0.3) is 0 Å². The van der Waals surface area contributed by atoms with E-state index in [0.29, 0.717) is 11.1 Å². The molecule has 0 fully saturated rings. The van der Waals surface area contributed by atoms with Crippen LogP contribution in [0.5, 0.6) is 11.5 Å². The number of aromatic carboxylic acids is 1. The van der Waals surface area contributed by atoms with Gasteiger partial charge < -0.3 is 14.9 Å². The number of ether oxygens (including phenoxy) is 1. The van der Waals surface area contributed by atoms with E-state index in [2.05, 4.69) is 0 Å². The van der Waals surface area contributed by atoms with Crippen LogP contribution in [0.4, 0.5) is 4.39 Å². The molecule has 0 atom stereocenters. The number of benzene rings is 3. The monoisotopic (exact) mass is 338 g/mol. The van der Waals surface area contributed by atoms with Crippen LogP contribution in [-0.2, 0) is 6.61 Å². The Hall–Kier alpha value is -3.34. The zero-order chi connectivity index (χ0) is 17.8. The molecule has 2 N–H and O–H groups in total. The zero-order valence-corrected chi connectivity index (χ0v) is 13.1. The number of carbonyl (C=O) groups is 1. The standard InChI is InChI=1S/C20H15FO4/c21-15-7-9-17(16-8-6-14(20(23)24)10-18(16)22)19(11-15)25-12-13-4-2-1-3-5-13/h1-11,22H,12H2,(H,23,24). The third-order valence-corrected chi connectivity index (χ3v) is 3.72. The van der Waals surface area contributed by atoms with E-state index < -0.39 is 11.8 Å². The SMILES string of the molecule is O=C(O)c1ccc(-c2ccc(F)cc2OCc2ccccc2)c(O)c1. The predicted octanol–water partition coefficient (Wildman–Crippen LogP) is 4.48. The number of phenols is 1. The lowest BCUT2D eigenvalue weighted by Gasteiger charge is -2.13. The molecule has 4 nitrogen and oxygen atoms in total. The minimum Gasteiger partial charge on any atom is -0.507 e. The smallest absolute Gasteiger partial charge is 0.335 e. The molecule has 0 amide bonds. The van der Waals surface area contributed by atoms with Crippen molar-refractivity contribution in [2.24, 2.45) is 0 Å². The van der Waals surface area contributed by atoms with E-state index in [-0.39, 0.29) is 23.7 Å². The van der Waals surface area contributed by atoms with E-state index in [4.69, 9.17) is 9.84 Å². The molecule has 25 heavy (non-hydrogen) atoms. The summed E-state index contributed by atoms with van der Waals surface area (Å²) in [5.41, 5.74) is 1.73. The number of hydrogen-bond donors (Lipinski definition) is 2. The fourth-order valence-electron chi connectivity index (χ4n) is 2.47. The van der Waals surface area contributed by atoms with Crippen LogP contribution in [0.1, 0.15) is 15.9 Å². The molecule has 3 rings (SSSR count). The van der Waals surface area contributed by atoms with Crippen LogP contribution < -0.4 is 4.74 Å². The lowest BCUT2D eigenvalue weighted by molar-refractivity contribution is 0.0696. The molecule has 0 aliphatic carbocycles. The second-order valence-corrected chi connectivity index (χ2v) is 5.45. The van der Waals surface area contributed by atoms with Crippen molar-refractivity contribution in [3.05, 3.63) is 83.7 Å². The maximum atomic E-state index is 13.6. The van der Waals surface area contributed by atoms with Gasteiger partial charge in [-0.3, -0.25) is 0 Å². The Morgan fingerprint density at radius 3 is 2.36 bits per heavy atom. The van der Waals surface area contributed by atoms with Gasteiger partial charge in [0, 0.05) is 17.2 Å². The minimum atomic E-state index is -1.14. The molecule has 5 heteroatoms. The van der Waals surface area contributed by atoms with Gasteiger partial charge in [-0.15, -0.1) is 0 Å². The topological polar surface area (TPSA) is 66.8 Å². The summed E-state index contributed by atoms with van der Waals surface area (Å²) in [4.78, 5) is 11.0. The van der Waals surface area contributed by atoms with Gasteiger partial charge in [-0.2, -0.15) is 0 Å². The van der Waals surface area contributed by atoms with Gasteiger partial charge in [-0.25, -0.2) is 9.18 Å². The first kappa shape index (κ1) is 16.5. The Labute approximate surface area is 143 Å². The number of rotatable bonds is 5. The molecular weight excluding hydrogens is 323 g/mol. The van der Waals surface area contributed by atoms with Gasteiger partial charge >= 0.3 is 5.97 Å². The van der Waals surface area contributed by atoms with Crippen LogP contribution in [-0.4, -0.2) is 16.2 Å². The highest BCUT2D eigenvalue weighted by Gasteiger charge is 2.14. The molecule has 0 spiro atoms. The van der Waals surface area contributed by atoms with Crippen molar-refractivity contribution in [3.63, 3.8) is 0 Å². The summed E-state index contributed by atoms with van der Waals surface area (Å²) >= 11 is 0. The van der Waals surface area contributed by atoms with Crippen molar-refractivity contribution in [2.45, 2.75) is 6.61 Å². The lowest BCUT2D eigenvalue weighted by Crippen LogP contribution is -1.99. The van der Waals surface area contributed by atoms with E-state index in [1.54, 1.807) is 0 Å². The van der Waals surface area contributed by atoms with Crippen LogP contribution in [0.2, 0.25) is 0 Å². The van der Waals surface area contributed by atoms with Gasteiger partial charge in [-0.1, -0.05) is 30.3 Å². The molecular formula is C20H15FO4. The third-order valence-electron chi connectivity index (χ3n) is 3.72. The first-order valence-electron chi connectivity index (χ1n) is 7.57. The molecule has 0 bridgehead atoms. The van der Waals surface area contributed by atoms with Crippen molar-refractivity contribution in [2.75, 3.05) is 0 Å². The highest BCUT2D eigenvalue weighted by atomic mass is 19.1. The Bertz CT molecular complexity index is 907.